The molecule has 3 aromatic rings. The molecule has 5 rings (SSSR count). The van der Waals surface area contributed by atoms with Crippen LogP contribution >= 0.6 is 0 Å². The number of hydrogen-bond acceptors (Lipinski definition) is 5. The topological polar surface area (TPSA) is 96.0 Å². The molecule has 43 heavy (non-hydrogen) atoms. The first kappa shape index (κ1) is 30.9. The Balaban J connectivity index is 1.33. The number of hydrogen-bond donors (Lipinski definition) is 1. The summed E-state index contributed by atoms with van der Waals surface area (Å²) in [7, 11) is -3.49. The van der Waals surface area contributed by atoms with E-state index in [1.54, 1.807) is 29.2 Å². The standard InChI is InChI=1S/C34H41N3O5S/c38-33(20-17-27-15-18-31(19-16-27)43(40,41)36-21-7-8-22-36)37(26-29-12-5-2-6-13-29)32(24-28-10-3-1-4-11-28)34(39)35-25-30-14-9-23-42-30/h1-6,10-13,15-16,18-19,30,32H,7-9,14,17,20-26H2,(H,35,39)/t30-,32-/m0/s1. The second kappa shape index (κ2) is 14.8. The lowest BCUT2D eigenvalue weighted by Crippen LogP contribution is -2.51. The summed E-state index contributed by atoms with van der Waals surface area (Å²) in [5.41, 5.74) is 2.79. The van der Waals surface area contributed by atoms with Crippen molar-refractivity contribution >= 4 is 21.8 Å². The lowest BCUT2D eigenvalue weighted by Gasteiger charge is -2.32. The van der Waals surface area contributed by atoms with Crippen molar-refractivity contribution in [1.29, 1.82) is 0 Å². The molecule has 2 aliphatic rings. The van der Waals surface area contributed by atoms with Crippen LogP contribution in [0.1, 0.15) is 48.8 Å². The maximum atomic E-state index is 13.9. The molecule has 0 saturated carbocycles. The van der Waals surface area contributed by atoms with E-state index in [2.05, 4.69) is 5.32 Å². The molecule has 2 atom stereocenters. The fourth-order valence-corrected chi connectivity index (χ4v) is 7.29. The average molecular weight is 604 g/mol. The van der Waals surface area contributed by atoms with Gasteiger partial charge in [-0.25, -0.2) is 8.42 Å². The van der Waals surface area contributed by atoms with E-state index in [1.165, 1.54) is 4.31 Å². The van der Waals surface area contributed by atoms with E-state index < -0.39 is 16.1 Å². The van der Waals surface area contributed by atoms with E-state index in [-0.39, 0.29) is 29.2 Å². The summed E-state index contributed by atoms with van der Waals surface area (Å²) >= 11 is 0. The minimum atomic E-state index is -3.49. The van der Waals surface area contributed by atoms with Gasteiger partial charge in [-0.05, 0) is 60.9 Å². The molecule has 2 heterocycles. The number of aryl methyl sites for hydroxylation is 1. The highest BCUT2D eigenvalue weighted by Gasteiger charge is 2.31. The molecule has 0 bridgehead atoms. The summed E-state index contributed by atoms with van der Waals surface area (Å²) in [5.74, 6) is -0.328. The third-order valence-electron chi connectivity index (χ3n) is 8.25. The summed E-state index contributed by atoms with van der Waals surface area (Å²) < 4.78 is 33.1. The highest BCUT2D eigenvalue weighted by Crippen LogP contribution is 2.22. The van der Waals surface area contributed by atoms with Crippen LogP contribution in [-0.2, 0) is 43.7 Å². The summed E-state index contributed by atoms with van der Waals surface area (Å²) in [6.07, 6.45) is 4.68. The molecule has 2 fully saturated rings. The van der Waals surface area contributed by atoms with Crippen LogP contribution in [0.5, 0.6) is 0 Å². The SMILES string of the molecule is O=C(NC[C@@H]1CCCO1)[C@H](Cc1ccccc1)N(Cc1ccccc1)C(=O)CCc1ccc(S(=O)(=O)N2CCCC2)cc1. The molecule has 1 N–H and O–H groups in total. The van der Waals surface area contributed by atoms with Crippen LogP contribution in [0, 0.1) is 0 Å². The quantitative estimate of drug-likeness (QED) is 0.314. The first-order valence-electron chi connectivity index (χ1n) is 15.3. The number of carbonyl (C=O) groups is 2. The number of carbonyl (C=O) groups excluding carboxylic acids is 2. The molecule has 9 heteroatoms. The number of sulfonamides is 1. The Morgan fingerprint density at radius 3 is 2.14 bits per heavy atom. The molecule has 0 aromatic heterocycles. The minimum Gasteiger partial charge on any atom is -0.376 e. The summed E-state index contributed by atoms with van der Waals surface area (Å²) in [4.78, 5) is 29.6. The van der Waals surface area contributed by atoms with Gasteiger partial charge >= 0.3 is 0 Å². The van der Waals surface area contributed by atoms with Crippen LogP contribution in [0.3, 0.4) is 0 Å². The zero-order chi connectivity index (χ0) is 30.1. The van der Waals surface area contributed by atoms with Gasteiger partial charge in [0.15, 0.2) is 0 Å². The number of amides is 2. The van der Waals surface area contributed by atoms with Gasteiger partial charge in [-0.1, -0.05) is 72.8 Å². The van der Waals surface area contributed by atoms with Gasteiger partial charge in [0.05, 0.1) is 11.0 Å². The van der Waals surface area contributed by atoms with Crippen molar-refractivity contribution in [1.82, 2.24) is 14.5 Å². The number of rotatable bonds is 13. The first-order valence-corrected chi connectivity index (χ1v) is 16.7. The molecule has 0 unspecified atom stereocenters. The largest absolute Gasteiger partial charge is 0.376 e. The Bertz CT molecular complexity index is 1440. The van der Waals surface area contributed by atoms with Crippen molar-refractivity contribution in [3.8, 4) is 0 Å². The van der Waals surface area contributed by atoms with Gasteiger partial charge in [-0.3, -0.25) is 9.59 Å². The fraction of sp³-hybridized carbons (Fsp3) is 0.412. The molecule has 3 aromatic carbocycles. The van der Waals surface area contributed by atoms with Gasteiger partial charge in [0.2, 0.25) is 21.8 Å². The van der Waals surface area contributed by atoms with Gasteiger partial charge in [-0.2, -0.15) is 4.31 Å². The number of nitrogens with one attached hydrogen (secondary N) is 1. The van der Waals surface area contributed by atoms with Crippen molar-refractivity contribution in [2.24, 2.45) is 0 Å². The third kappa shape index (κ3) is 8.31. The third-order valence-corrected chi connectivity index (χ3v) is 10.2. The second-order valence-corrected chi connectivity index (χ2v) is 13.3. The highest BCUT2D eigenvalue weighted by molar-refractivity contribution is 7.89. The van der Waals surface area contributed by atoms with Crippen LogP contribution < -0.4 is 5.32 Å². The zero-order valence-corrected chi connectivity index (χ0v) is 25.4. The maximum Gasteiger partial charge on any atom is 0.243 e. The Morgan fingerprint density at radius 2 is 1.51 bits per heavy atom. The van der Waals surface area contributed by atoms with Gasteiger partial charge in [0.1, 0.15) is 6.04 Å². The van der Waals surface area contributed by atoms with Crippen molar-refractivity contribution in [2.45, 2.75) is 68.5 Å². The fourth-order valence-electron chi connectivity index (χ4n) is 5.77. The summed E-state index contributed by atoms with van der Waals surface area (Å²) in [5, 5.41) is 3.06. The van der Waals surface area contributed by atoms with Crippen molar-refractivity contribution < 1.29 is 22.7 Å². The molecule has 8 nitrogen and oxygen atoms in total. The molecule has 2 amide bonds. The number of benzene rings is 3. The van der Waals surface area contributed by atoms with Gasteiger partial charge in [0.25, 0.3) is 0 Å². The van der Waals surface area contributed by atoms with Crippen LogP contribution in [0.15, 0.2) is 89.8 Å². The molecule has 228 valence electrons. The maximum absolute atomic E-state index is 13.9. The molecule has 2 aliphatic heterocycles. The number of ether oxygens (including phenoxy) is 1. The molecular formula is C34H41N3O5S. The predicted octanol–water partition coefficient (Wildman–Crippen LogP) is 4.34. The van der Waals surface area contributed by atoms with Crippen molar-refractivity contribution in [3.63, 3.8) is 0 Å². The summed E-state index contributed by atoms with van der Waals surface area (Å²) in [6, 6.07) is 25.6. The van der Waals surface area contributed by atoms with Gasteiger partial charge in [0, 0.05) is 45.6 Å². The van der Waals surface area contributed by atoms with Gasteiger partial charge in [-0.15, -0.1) is 0 Å². The van der Waals surface area contributed by atoms with Crippen LogP contribution in [0.25, 0.3) is 0 Å². The molecule has 0 spiro atoms. The monoisotopic (exact) mass is 603 g/mol. The predicted molar refractivity (Wildman–Crippen MR) is 166 cm³/mol. The number of nitrogens with zero attached hydrogens (tertiary/aromatic N) is 2. The smallest absolute Gasteiger partial charge is 0.243 e. The Kier molecular flexibility index (Phi) is 10.6. The zero-order valence-electron chi connectivity index (χ0n) is 24.6. The van der Waals surface area contributed by atoms with E-state index in [9.17, 15) is 18.0 Å². The minimum absolute atomic E-state index is 0.00291. The second-order valence-electron chi connectivity index (χ2n) is 11.3. The molecule has 2 saturated heterocycles. The van der Waals surface area contributed by atoms with E-state index >= 15 is 0 Å². The van der Waals surface area contributed by atoms with Crippen LogP contribution in [0.4, 0.5) is 0 Å². The lowest BCUT2D eigenvalue weighted by molar-refractivity contribution is -0.141. The Hall–Kier alpha value is -3.53. The van der Waals surface area contributed by atoms with Crippen molar-refractivity contribution in [3.05, 3.63) is 102 Å². The van der Waals surface area contributed by atoms with E-state index in [0.717, 1.165) is 42.4 Å². The van der Waals surface area contributed by atoms with E-state index in [1.807, 2.05) is 60.7 Å². The average Bonchev–Trinajstić information content (AvgIpc) is 3.77. The van der Waals surface area contributed by atoms with E-state index in [4.69, 9.17) is 4.74 Å². The van der Waals surface area contributed by atoms with Crippen LogP contribution in [-0.4, -0.2) is 67.8 Å². The summed E-state index contributed by atoms with van der Waals surface area (Å²) in [6.45, 7) is 2.54. The first-order chi connectivity index (χ1) is 20.9. The lowest BCUT2D eigenvalue weighted by atomic mass is 10.0. The highest BCUT2D eigenvalue weighted by atomic mass is 32.2. The van der Waals surface area contributed by atoms with E-state index in [0.29, 0.717) is 45.6 Å². The normalized spacial score (nSPS) is 17.9. The van der Waals surface area contributed by atoms with Gasteiger partial charge < -0.3 is 15.0 Å². The molecule has 0 radical (unpaired) electrons. The van der Waals surface area contributed by atoms with Crippen molar-refractivity contribution in [2.75, 3.05) is 26.2 Å². The Labute approximate surface area is 255 Å². The molecular weight excluding hydrogens is 562 g/mol. The van der Waals surface area contributed by atoms with Crippen LogP contribution in [0.2, 0.25) is 0 Å². The molecule has 0 aliphatic carbocycles. The Morgan fingerprint density at radius 1 is 0.860 bits per heavy atom.